The van der Waals surface area contributed by atoms with Gasteiger partial charge >= 0.3 is 0 Å². The molecule has 0 aromatic rings. The van der Waals surface area contributed by atoms with Gasteiger partial charge in [0.2, 0.25) is 0 Å². The molecule has 0 aromatic heterocycles. The van der Waals surface area contributed by atoms with Gasteiger partial charge in [-0.25, -0.2) is 0 Å². The molecule has 0 amide bonds. The minimum absolute atomic E-state index is 0.481. The highest BCUT2D eigenvalue weighted by Crippen LogP contribution is 2.28. The summed E-state index contributed by atoms with van der Waals surface area (Å²) < 4.78 is 0. The van der Waals surface area contributed by atoms with Crippen molar-refractivity contribution in [2.24, 2.45) is 16.8 Å². The Bertz CT molecular complexity index is 180. The maximum Gasteiger partial charge on any atom is 0.0442 e. The summed E-state index contributed by atoms with van der Waals surface area (Å²) in [5, 5.41) is 0. The molecule has 0 heterocycles. The van der Waals surface area contributed by atoms with Gasteiger partial charge < -0.3 is 0 Å². The van der Waals surface area contributed by atoms with Crippen LogP contribution in [0.1, 0.15) is 53.4 Å². The molecule has 0 saturated heterocycles. The summed E-state index contributed by atoms with van der Waals surface area (Å²) in [7, 11) is 0. The minimum atomic E-state index is 0.481. The van der Waals surface area contributed by atoms with E-state index in [-0.39, 0.29) is 0 Å². The molecule has 1 saturated carbocycles. The van der Waals surface area contributed by atoms with Crippen LogP contribution in [0.4, 0.5) is 0 Å². The third kappa shape index (κ3) is 3.13. The first-order chi connectivity index (χ1) is 6.11. The van der Waals surface area contributed by atoms with Gasteiger partial charge in [0.15, 0.2) is 0 Å². The molecular weight excluding hydrogens is 158 g/mol. The SMILES string of the molecule is CC(C)N=C1CCCCC1C(C)C. The average Bonchev–Trinajstić information content (AvgIpc) is 2.03. The predicted molar refractivity (Wildman–Crippen MR) is 59.4 cm³/mol. The maximum atomic E-state index is 4.76. The molecule has 76 valence electrons. The van der Waals surface area contributed by atoms with E-state index in [2.05, 4.69) is 27.7 Å². The number of nitrogens with zero attached hydrogens (tertiary/aromatic N) is 1. The summed E-state index contributed by atoms with van der Waals surface area (Å²) >= 11 is 0. The highest BCUT2D eigenvalue weighted by atomic mass is 14.8. The molecule has 0 spiro atoms. The largest absolute Gasteiger partial charge is 0.291 e. The first-order valence-electron chi connectivity index (χ1n) is 5.68. The van der Waals surface area contributed by atoms with Crippen LogP contribution in [0.5, 0.6) is 0 Å². The monoisotopic (exact) mass is 181 g/mol. The van der Waals surface area contributed by atoms with Crippen LogP contribution in [0, 0.1) is 11.8 Å². The summed E-state index contributed by atoms with van der Waals surface area (Å²) in [5.74, 6) is 1.55. The molecular formula is C12H23N. The van der Waals surface area contributed by atoms with E-state index >= 15 is 0 Å². The van der Waals surface area contributed by atoms with Gasteiger partial charge in [0.05, 0.1) is 0 Å². The minimum Gasteiger partial charge on any atom is -0.291 e. The van der Waals surface area contributed by atoms with Crippen molar-refractivity contribution in [2.75, 3.05) is 0 Å². The summed E-state index contributed by atoms with van der Waals surface area (Å²) in [6.45, 7) is 9.01. The van der Waals surface area contributed by atoms with Gasteiger partial charge in [-0.1, -0.05) is 20.3 Å². The van der Waals surface area contributed by atoms with Crippen molar-refractivity contribution in [1.82, 2.24) is 0 Å². The Kier molecular flexibility index (Phi) is 3.95. The molecule has 0 bridgehead atoms. The third-order valence-corrected chi connectivity index (χ3v) is 2.85. The number of hydrogen-bond donors (Lipinski definition) is 0. The van der Waals surface area contributed by atoms with Crippen LogP contribution in [-0.4, -0.2) is 11.8 Å². The highest BCUT2D eigenvalue weighted by molar-refractivity contribution is 5.87. The van der Waals surface area contributed by atoms with Crippen molar-refractivity contribution < 1.29 is 0 Å². The first-order valence-corrected chi connectivity index (χ1v) is 5.68. The lowest BCUT2D eigenvalue weighted by Crippen LogP contribution is -2.25. The normalized spacial score (nSPS) is 27.5. The van der Waals surface area contributed by atoms with Gasteiger partial charge in [0.1, 0.15) is 0 Å². The molecule has 1 heteroatoms. The van der Waals surface area contributed by atoms with Crippen LogP contribution in [0.15, 0.2) is 4.99 Å². The smallest absolute Gasteiger partial charge is 0.0442 e. The predicted octanol–water partition coefficient (Wildman–Crippen LogP) is 3.68. The van der Waals surface area contributed by atoms with Crippen LogP contribution in [0.25, 0.3) is 0 Å². The lowest BCUT2D eigenvalue weighted by atomic mass is 9.80. The second-order valence-electron chi connectivity index (χ2n) is 4.81. The number of aliphatic imine (C=N–C) groups is 1. The Hall–Kier alpha value is -0.330. The van der Waals surface area contributed by atoms with E-state index in [1.54, 1.807) is 0 Å². The molecule has 1 aliphatic carbocycles. The van der Waals surface area contributed by atoms with Crippen molar-refractivity contribution in [2.45, 2.75) is 59.4 Å². The Balaban J connectivity index is 2.67. The van der Waals surface area contributed by atoms with E-state index in [0.717, 1.165) is 11.8 Å². The Morgan fingerprint density at radius 3 is 2.38 bits per heavy atom. The molecule has 13 heavy (non-hydrogen) atoms. The Morgan fingerprint density at radius 1 is 1.15 bits per heavy atom. The van der Waals surface area contributed by atoms with Crippen LogP contribution < -0.4 is 0 Å². The highest BCUT2D eigenvalue weighted by Gasteiger charge is 2.23. The lowest BCUT2D eigenvalue weighted by molar-refractivity contribution is 0.413. The second-order valence-corrected chi connectivity index (χ2v) is 4.81. The summed E-state index contributed by atoms with van der Waals surface area (Å²) in [6, 6.07) is 0.481. The molecule has 1 unspecified atom stereocenters. The fraction of sp³-hybridized carbons (Fsp3) is 0.917. The van der Waals surface area contributed by atoms with E-state index < -0.39 is 0 Å². The fourth-order valence-electron chi connectivity index (χ4n) is 2.23. The van der Waals surface area contributed by atoms with Gasteiger partial charge in [0.25, 0.3) is 0 Å². The summed E-state index contributed by atoms with van der Waals surface area (Å²) in [5.41, 5.74) is 1.50. The van der Waals surface area contributed by atoms with Crippen LogP contribution in [0.2, 0.25) is 0 Å². The standard InChI is InChI=1S/C12H23N/c1-9(2)11-7-5-6-8-12(11)13-10(3)4/h9-11H,5-8H2,1-4H3. The van der Waals surface area contributed by atoms with Crippen LogP contribution in [0.3, 0.4) is 0 Å². The van der Waals surface area contributed by atoms with E-state index in [1.165, 1.54) is 31.4 Å². The average molecular weight is 181 g/mol. The van der Waals surface area contributed by atoms with E-state index in [1.807, 2.05) is 0 Å². The van der Waals surface area contributed by atoms with Gasteiger partial charge in [-0.05, 0) is 44.9 Å². The first kappa shape index (κ1) is 10.7. The second kappa shape index (κ2) is 4.78. The molecule has 1 fully saturated rings. The van der Waals surface area contributed by atoms with Crippen LogP contribution >= 0.6 is 0 Å². The molecule has 1 nitrogen and oxygen atoms in total. The molecule has 0 radical (unpaired) electrons. The topological polar surface area (TPSA) is 12.4 Å². The van der Waals surface area contributed by atoms with Crippen molar-refractivity contribution in [3.8, 4) is 0 Å². The third-order valence-electron chi connectivity index (χ3n) is 2.85. The van der Waals surface area contributed by atoms with E-state index in [9.17, 15) is 0 Å². The molecule has 1 atom stereocenters. The summed E-state index contributed by atoms with van der Waals surface area (Å²) in [6.07, 6.45) is 5.37. The molecule has 0 N–H and O–H groups in total. The molecule has 0 aromatic carbocycles. The summed E-state index contributed by atoms with van der Waals surface area (Å²) in [4.78, 5) is 4.76. The number of rotatable bonds is 2. The van der Waals surface area contributed by atoms with Gasteiger partial charge in [0, 0.05) is 11.8 Å². The van der Waals surface area contributed by atoms with Crippen LogP contribution in [-0.2, 0) is 0 Å². The molecule has 1 rings (SSSR count). The van der Waals surface area contributed by atoms with Crippen molar-refractivity contribution >= 4 is 5.71 Å². The van der Waals surface area contributed by atoms with E-state index in [0.29, 0.717) is 6.04 Å². The zero-order valence-corrected chi connectivity index (χ0v) is 9.51. The zero-order valence-electron chi connectivity index (χ0n) is 9.51. The lowest BCUT2D eigenvalue weighted by Gasteiger charge is -2.28. The quantitative estimate of drug-likeness (QED) is 0.616. The zero-order chi connectivity index (χ0) is 9.84. The van der Waals surface area contributed by atoms with Crippen molar-refractivity contribution in [1.29, 1.82) is 0 Å². The Labute approximate surface area is 82.6 Å². The van der Waals surface area contributed by atoms with E-state index in [4.69, 9.17) is 4.99 Å². The van der Waals surface area contributed by atoms with Crippen molar-refractivity contribution in [3.05, 3.63) is 0 Å². The van der Waals surface area contributed by atoms with Crippen molar-refractivity contribution in [3.63, 3.8) is 0 Å². The fourth-order valence-corrected chi connectivity index (χ4v) is 2.23. The van der Waals surface area contributed by atoms with Gasteiger partial charge in [-0.2, -0.15) is 0 Å². The molecule has 0 aliphatic heterocycles. The Morgan fingerprint density at radius 2 is 1.85 bits per heavy atom. The maximum absolute atomic E-state index is 4.76. The van der Waals surface area contributed by atoms with Gasteiger partial charge in [-0.3, -0.25) is 4.99 Å². The molecule has 1 aliphatic rings. The number of hydrogen-bond acceptors (Lipinski definition) is 1. The van der Waals surface area contributed by atoms with Gasteiger partial charge in [-0.15, -0.1) is 0 Å².